The molecule has 1 atom stereocenters. The molecule has 0 bridgehead atoms. The van der Waals surface area contributed by atoms with Crippen LogP contribution in [0.2, 0.25) is 0 Å². The third-order valence-corrected chi connectivity index (χ3v) is 4.89. The molecule has 0 fully saturated rings. The normalized spacial score (nSPS) is 11.8. The number of rotatable bonds is 5. The summed E-state index contributed by atoms with van der Waals surface area (Å²) in [5, 5.41) is 5.37. The fourth-order valence-electron chi connectivity index (χ4n) is 2.50. The maximum Gasteiger partial charge on any atom is 0.265 e. The molecule has 6 heteroatoms. The molecule has 1 unspecified atom stereocenters. The lowest BCUT2D eigenvalue weighted by Gasteiger charge is -2.16. The van der Waals surface area contributed by atoms with E-state index in [9.17, 15) is 4.79 Å². The topological polar surface area (TPSA) is 77.2 Å². The molecule has 134 valence electrons. The maximum absolute atomic E-state index is 12.4. The highest BCUT2D eigenvalue weighted by Gasteiger charge is 2.16. The molecule has 0 radical (unpaired) electrons. The Balaban J connectivity index is 1.64. The Bertz CT molecular complexity index is 919. The van der Waals surface area contributed by atoms with Crippen LogP contribution in [0.4, 0.5) is 10.8 Å². The van der Waals surface area contributed by atoms with Crippen LogP contribution in [-0.2, 0) is 4.79 Å². The highest BCUT2D eigenvalue weighted by Crippen LogP contribution is 2.25. The summed E-state index contributed by atoms with van der Waals surface area (Å²) in [4.78, 5) is 16.7. The Morgan fingerprint density at radius 1 is 1.19 bits per heavy atom. The van der Waals surface area contributed by atoms with Crippen LogP contribution in [0.5, 0.6) is 5.75 Å². The van der Waals surface area contributed by atoms with Gasteiger partial charge in [0.1, 0.15) is 5.75 Å². The highest BCUT2D eigenvalue weighted by molar-refractivity contribution is 7.13. The number of ether oxygens (including phenoxy) is 1. The quantitative estimate of drug-likeness (QED) is 0.700. The van der Waals surface area contributed by atoms with Crippen molar-refractivity contribution in [1.82, 2.24) is 4.98 Å². The van der Waals surface area contributed by atoms with Crippen LogP contribution in [0, 0.1) is 13.8 Å². The molecule has 0 saturated heterocycles. The number of aryl methyl sites for hydroxylation is 1. The van der Waals surface area contributed by atoms with E-state index in [1.54, 1.807) is 6.92 Å². The van der Waals surface area contributed by atoms with E-state index >= 15 is 0 Å². The monoisotopic (exact) mass is 367 g/mol. The van der Waals surface area contributed by atoms with Gasteiger partial charge in [-0.2, -0.15) is 0 Å². The molecule has 5 nitrogen and oxygen atoms in total. The maximum atomic E-state index is 12.4. The van der Waals surface area contributed by atoms with E-state index < -0.39 is 6.10 Å². The number of amides is 1. The number of benzene rings is 2. The van der Waals surface area contributed by atoms with Gasteiger partial charge in [0.2, 0.25) is 0 Å². The van der Waals surface area contributed by atoms with Crippen molar-refractivity contribution in [3.05, 3.63) is 59.0 Å². The van der Waals surface area contributed by atoms with Crippen molar-refractivity contribution in [3.8, 4) is 17.0 Å². The van der Waals surface area contributed by atoms with Gasteiger partial charge in [0.25, 0.3) is 5.91 Å². The second-order valence-corrected chi connectivity index (χ2v) is 6.98. The lowest BCUT2D eigenvalue weighted by molar-refractivity contribution is -0.122. The van der Waals surface area contributed by atoms with Crippen LogP contribution in [0.3, 0.4) is 0 Å². The predicted molar refractivity (Wildman–Crippen MR) is 107 cm³/mol. The van der Waals surface area contributed by atoms with Gasteiger partial charge in [0.05, 0.1) is 5.69 Å². The van der Waals surface area contributed by atoms with E-state index in [-0.39, 0.29) is 5.91 Å². The third-order valence-electron chi connectivity index (χ3n) is 4.22. The first kappa shape index (κ1) is 17.9. The molecule has 0 aliphatic rings. The Hall–Kier alpha value is -2.86. The number of nitrogen functional groups attached to an aromatic ring is 1. The van der Waals surface area contributed by atoms with Gasteiger partial charge in [0, 0.05) is 16.6 Å². The second kappa shape index (κ2) is 7.58. The fraction of sp³-hybridized carbons (Fsp3) is 0.200. The highest BCUT2D eigenvalue weighted by atomic mass is 32.1. The molecular weight excluding hydrogens is 346 g/mol. The summed E-state index contributed by atoms with van der Waals surface area (Å²) < 4.78 is 5.76. The summed E-state index contributed by atoms with van der Waals surface area (Å²) in [6.07, 6.45) is -0.615. The molecule has 3 aromatic rings. The lowest BCUT2D eigenvalue weighted by atomic mass is 10.1. The molecular formula is C20H21N3O2S. The van der Waals surface area contributed by atoms with Crippen molar-refractivity contribution in [1.29, 1.82) is 0 Å². The number of hydrogen-bond donors (Lipinski definition) is 2. The van der Waals surface area contributed by atoms with Crippen molar-refractivity contribution < 1.29 is 9.53 Å². The van der Waals surface area contributed by atoms with E-state index in [1.807, 2.05) is 61.7 Å². The van der Waals surface area contributed by atoms with Crippen LogP contribution < -0.4 is 15.8 Å². The second-order valence-electron chi connectivity index (χ2n) is 6.09. The van der Waals surface area contributed by atoms with Crippen LogP contribution in [-0.4, -0.2) is 17.0 Å². The summed E-state index contributed by atoms with van der Waals surface area (Å²) in [6.45, 7) is 5.73. The van der Waals surface area contributed by atoms with Gasteiger partial charge in [-0.05, 0) is 62.2 Å². The van der Waals surface area contributed by atoms with Crippen molar-refractivity contribution in [2.75, 3.05) is 11.1 Å². The number of aromatic nitrogens is 1. The van der Waals surface area contributed by atoms with E-state index in [0.717, 1.165) is 28.1 Å². The van der Waals surface area contributed by atoms with Gasteiger partial charge in [0.15, 0.2) is 11.2 Å². The van der Waals surface area contributed by atoms with E-state index in [1.165, 1.54) is 11.3 Å². The van der Waals surface area contributed by atoms with Crippen molar-refractivity contribution in [3.63, 3.8) is 0 Å². The number of anilines is 2. The number of nitrogens with one attached hydrogen (secondary N) is 1. The standard InChI is InChI=1S/C20H21N3O2S/c1-12-5-4-6-17(13(12)2)22-19(24)14(3)25-16-9-7-15(8-10-16)18-11-26-20(21)23-18/h4-11,14H,1-3H3,(H2,21,23)(H,22,24). The Morgan fingerprint density at radius 2 is 1.92 bits per heavy atom. The summed E-state index contributed by atoms with van der Waals surface area (Å²) in [6, 6.07) is 13.3. The zero-order valence-electron chi connectivity index (χ0n) is 14.9. The largest absolute Gasteiger partial charge is 0.481 e. The molecule has 0 spiro atoms. The fourth-order valence-corrected chi connectivity index (χ4v) is 3.08. The number of nitrogens with zero attached hydrogens (tertiary/aromatic N) is 1. The summed E-state index contributed by atoms with van der Waals surface area (Å²) in [7, 11) is 0. The Morgan fingerprint density at radius 3 is 2.58 bits per heavy atom. The van der Waals surface area contributed by atoms with Gasteiger partial charge in [-0.25, -0.2) is 4.98 Å². The molecule has 26 heavy (non-hydrogen) atoms. The van der Waals surface area contributed by atoms with E-state index in [0.29, 0.717) is 10.9 Å². The average molecular weight is 367 g/mol. The van der Waals surface area contributed by atoms with Crippen LogP contribution in [0.25, 0.3) is 11.3 Å². The molecule has 1 amide bonds. The summed E-state index contributed by atoms with van der Waals surface area (Å²) in [5.74, 6) is 0.440. The summed E-state index contributed by atoms with van der Waals surface area (Å²) in [5.41, 5.74) is 10.5. The predicted octanol–water partition coefficient (Wildman–Crippen LogP) is 4.42. The van der Waals surface area contributed by atoms with E-state index in [2.05, 4.69) is 10.3 Å². The van der Waals surface area contributed by atoms with Crippen molar-refractivity contribution >= 4 is 28.1 Å². The number of carbonyl (C=O) groups is 1. The van der Waals surface area contributed by atoms with Gasteiger partial charge < -0.3 is 15.8 Å². The molecule has 3 N–H and O–H groups in total. The van der Waals surface area contributed by atoms with Crippen LogP contribution in [0.1, 0.15) is 18.1 Å². The molecule has 1 aromatic heterocycles. The number of thiazole rings is 1. The first-order valence-corrected chi connectivity index (χ1v) is 9.17. The number of hydrogen-bond acceptors (Lipinski definition) is 5. The molecule has 2 aromatic carbocycles. The van der Waals surface area contributed by atoms with Crippen molar-refractivity contribution in [2.45, 2.75) is 26.9 Å². The number of nitrogens with two attached hydrogens (primary N) is 1. The zero-order chi connectivity index (χ0) is 18.7. The molecule has 3 rings (SSSR count). The van der Waals surface area contributed by atoms with Crippen LogP contribution in [0.15, 0.2) is 47.8 Å². The van der Waals surface area contributed by atoms with Gasteiger partial charge >= 0.3 is 0 Å². The van der Waals surface area contributed by atoms with Gasteiger partial charge in [-0.15, -0.1) is 11.3 Å². The molecule has 1 heterocycles. The van der Waals surface area contributed by atoms with Gasteiger partial charge in [-0.1, -0.05) is 12.1 Å². The van der Waals surface area contributed by atoms with Crippen LogP contribution >= 0.6 is 11.3 Å². The third kappa shape index (κ3) is 4.03. The minimum Gasteiger partial charge on any atom is -0.481 e. The molecule has 0 aliphatic heterocycles. The van der Waals surface area contributed by atoms with E-state index in [4.69, 9.17) is 10.5 Å². The average Bonchev–Trinajstić information content (AvgIpc) is 3.06. The SMILES string of the molecule is Cc1cccc(NC(=O)C(C)Oc2ccc(-c3csc(N)n3)cc2)c1C. The number of carbonyl (C=O) groups excluding carboxylic acids is 1. The minimum absolute atomic E-state index is 0.185. The first-order chi connectivity index (χ1) is 12.4. The molecule has 0 saturated carbocycles. The first-order valence-electron chi connectivity index (χ1n) is 8.29. The minimum atomic E-state index is -0.615. The molecule has 0 aliphatic carbocycles. The smallest absolute Gasteiger partial charge is 0.265 e. The summed E-state index contributed by atoms with van der Waals surface area (Å²) >= 11 is 1.40. The Kier molecular flexibility index (Phi) is 5.23. The lowest BCUT2D eigenvalue weighted by Crippen LogP contribution is -2.30. The van der Waals surface area contributed by atoms with Crippen molar-refractivity contribution in [2.24, 2.45) is 0 Å². The van der Waals surface area contributed by atoms with Gasteiger partial charge in [-0.3, -0.25) is 4.79 Å². The Labute approximate surface area is 156 Å². The zero-order valence-corrected chi connectivity index (χ0v) is 15.8.